The summed E-state index contributed by atoms with van der Waals surface area (Å²) in [7, 11) is 1.59. The number of hydrogen-bond donors (Lipinski definition) is 0. The van der Waals surface area contributed by atoms with E-state index in [9.17, 15) is 4.79 Å². The molecule has 1 fully saturated rings. The van der Waals surface area contributed by atoms with Gasteiger partial charge in [-0.2, -0.15) is 5.10 Å². The van der Waals surface area contributed by atoms with Crippen molar-refractivity contribution in [3.63, 3.8) is 0 Å². The van der Waals surface area contributed by atoms with E-state index >= 15 is 0 Å². The highest BCUT2D eigenvalue weighted by Crippen LogP contribution is 2.33. The zero-order valence-electron chi connectivity index (χ0n) is 23.0. The number of rotatable bonds is 10. The Morgan fingerprint density at radius 1 is 1.05 bits per heavy atom. The van der Waals surface area contributed by atoms with E-state index in [1.54, 1.807) is 19.5 Å². The molecule has 1 amide bonds. The topological polar surface area (TPSA) is 91.6 Å². The van der Waals surface area contributed by atoms with Crippen molar-refractivity contribution in [1.29, 1.82) is 0 Å². The van der Waals surface area contributed by atoms with E-state index in [4.69, 9.17) is 35.9 Å². The second-order valence-corrected chi connectivity index (χ2v) is 10.7. The van der Waals surface area contributed by atoms with E-state index < -0.39 is 0 Å². The highest BCUT2D eigenvalue weighted by atomic mass is 35.5. The van der Waals surface area contributed by atoms with Crippen LogP contribution in [0.3, 0.4) is 0 Å². The van der Waals surface area contributed by atoms with Gasteiger partial charge in [-0.05, 0) is 67.3 Å². The van der Waals surface area contributed by atoms with Crippen molar-refractivity contribution in [1.82, 2.24) is 24.6 Å². The molecule has 212 valence electrons. The lowest BCUT2D eigenvalue weighted by molar-refractivity contribution is -0.133. The van der Waals surface area contributed by atoms with Gasteiger partial charge in [0.2, 0.25) is 12.7 Å². The maximum atomic E-state index is 13.6. The van der Waals surface area contributed by atoms with Gasteiger partial charge in [0.1, 0.15) is 5.75 Å². The van der Waals surface area contributed by atoms with Crippen LogP contribution in [0.4, 0.5) is 0 Å². The summed E-state index contributed by atoms with van der Waals surface area (Å²) in [5, 5.41) is 5.35. The first-order chi connectivity index (χ1) is 20.1. The number of amides is 1. The zero-order chi connectivity index (χ0) is 28.2. The molecule has 0 N–H and O–H groups in total. The minimum absolute atomic E-state index is 0.151. The average molecular weight is 574 g/mol. The van der Waals surface area contributed by atoms with Crippen molar-refractivity contribution in [2.75, 3.05) is 20.4 Å². The molecule has 0 spiro atoms. The molecule has 1 aliphatic heterocycles. The molecule has 2 aromatic carbocycles. The van der Waals surface area contributed by atoms with Gasteiger partial charge in [0.05, 0.1) is 18.7 Å². The molecule has 9 nitrogen and oxygen atoms in total. The first-order valence-corrected chi connectivity index (χ1v) is 14.3. The number of ether oxygens (including phenoxy) is 3. The standard InChI is InChI=1S/C31H32ClN5O4/c1-39-26-10-8-23(19-25(26)32)31-34-30(22-12-14-33-15-13-22)35-37(31)17-16-36(24-4-2-3-5-24)29(38)11-7-21-6-9-27-28(18-21)41-20-40-27/h6,8-10,12-15,18-19,24H,2-5,7,11,16-17,20H2,1H3. The van der Waals surface area contributed by atoms with Crippen LogP contribution in [0.1, 0.15) is 37.7 Å². The minimum atomic E-state index is 0.151. The lowest BCUT2D eigenvalue weighted by Gasteiger charge is -2.29. The normalized spacial score (nSPS) is 14.4. The lowest BCUT2D eigenvalue weighted by atomic mass is 10.1. The SMILES string of the molecule is COc1ccc(-c2nc(-c3ccncc3)nn2CCN(C(=O)CCc2ccc3c(c2)OCO3)C2CCCC2)cc1Cl. The fourth-order valence-corrected chi connectivity index (χ4v) is 5.82. The fraction of sp³-hybridized carbons (Fsp3) is 0.355. The Labute approximate surface area is 244 Å². The number of nitrogens with zero attached hydrogens (tertiary/aromatic N) is 5. The van der Waals surface area contributed by atoms with Gasteiger partial charge in [-0.3, -0.25) is 9.78 Å². The highest BCUT2D eigenvalue weighted by molar-refractivity contribution is 6.32. The van der Waals surface area contributed by atoms with Gasteiger partial charge in [0, 0.05) is 42.5 Å². The molecule has 0 atom stereocenters. The number of carbonyl (C=O) groups is 1. The third kappa shape index (κ3) is 6.00. The summed E-state index contributed by atoms with van der Waals surface area (Å²) in [5.74, 6) is 3.51. The number of carbonyl (C=O) groups excluding carboxylic acids is 1. The number of fused-ring (bicyclic) bond motifs is 1. The van der Waals surface area contributed by atoms with Gasteiger partial charge >= 0.3 is 0 Å². The number of aromatic nitrogens is 4. The summed E-state index contributed by atoms with van der Waals surface area (Å²) in [5.41, 5.74) is 2.75. The summed E-state index contributed by atoms with van der Waals surface area (Å²) in [6.07, 6.45) is 8.85. The van der Waals surface area contributed by atoms with Crippen molar-refractivity contribution >= 4 is 17.5 Å². The van der Waals surface area contributed by atoms with Crippen LogP contribution < -0.4 is 14.2 Å². The molecule has 3 heterocycles. The third-order valence-corrected chi connectivity index (χ3v) is 8.02. The number of aryl methyl sites for hydroxylation is 1. The number of pyridine rings is 1. The smallest absolute Gasteiger partial charge is 0.231 e. The Balaban J connectivity index is 1.23. The number of halogens is 1. The van der Waals surface area contributed by atoms with Crippen molar-refractivity contribution in [2.45, 2.75) is 51.1 Å². The summed E-state index contributed by atoms with van der Waals surface area (Å²) in [4.78, 5) is 24.7. The quantitative estimate of drug-likeness (QED) is 0.237. The van der Waals surface area contributed by atoms with Crippen LogP contribution in [0.25, 0.3) is 22.8 Å². The van der Waals surface area contributed by atoms with E-state index in [-0.39, 0.29) is 18.7 Å². The van der Waals surface area contributed by atoms with Crippen molar-refractivity contribution < 1.29 is 19.0 Å². The molecule has 10 heteroatoms. The molecule has 2 aliphatic rings. The summed E-state index contributed by atoms with van der Waals surface area (Å²) in [6.45, 7) is 1.28. The second kappa shape index (κ2) is 12.2. The first kappa shape index (κ1) is 27.1. The molecule has 0 bridgehead atoms. The first-order valence-electron chi connectivity index (χ1n) is 14.0. The maximum Gasteiger partial charge on any atom is 0.231 e. The molecule has 41 heavy (non-hydrogen) atoms. The molecular weight excluding hydrogens is 542 g/mol. The van der Waals surface area contributed by atoms with E-state index in [0.717, 1.165) is 53.9 Å². The van der Waals surface area contributed by atoms with Crippen LogP contribution in [0.5, 0.6) is 17.2 Å². The molecule has 0 saturated heterocycles. The van der Waals surface area contributed by atoms with Crippen LogP contribution in [0.15, 0.2) is 60.9 Å². The van der Waals surface area contributed by atoms with Crippen LogP contribution in [0, 0.1) is 0 Å². The minimum Gasteiger partial charge on any atom is -0.495 e. The predicted octanol–water partition coefficient (Wildman–Crippen LogP) is 5.80. The molecular formula is C31H32ClN5O4. The van der Waals surface area contributed by atoms with Crippen LogP contribution in [0.2, 0.25) is 5.02 Å². The Morgan fingerprint density at radius 2 is 1.85 bits per heavy atom. The van der Waals surface area contributed by atoms with Crippen LogP contribution in [-0.2, 0) is 17.8 Å². The molecule has 6 rings (SSSR count). The molecule has 1 saturated carbocycles. The lowest BCUT2D eigenvalue weighted by Crippen LogP contribution is -2.41. The predicted molar refractivity (Wildman–Crippen MR) is 155 cm³/mol. The van der Waals surface area contributed by atoms with E-state index in [2.05, 4.69) is 9.88 Å². The van der Waals surface area contributed by atoms with Gasteiger partial charge in [-0.25, -0.2) is 9.67 Å². The zero-order valence-corrected chi connectivity index (χ0v) is 23.7. The summed E-state index contributed by atoms with van der Waals surface area (Å²) in [6, 6.07) is 15.5. The number of hydrogen-bond acceptors (Lipinski definition) is 7. The average Bonchev–Trinajstić information content (AvgIpc) is 3.78. The van der Waals surface area contributed by atoms with Crippen molar-refractivity contribution in [2.24, 2.45) is 0 Å². The number of methoxy groups -OCH3 is 1. The second-order valence-electron chi connectivity index (χ2n) is 10.3. The Bertz CT molecular complexity index is 1520. The van der Waals surface area contributed by atoms with Gasteiger partial charge < -0.3 is 19.1 Å². The van der Waals surface area contributed by atoms with Crippen molar-refractivity contribution in [3.05, 3.63) is 71.5 Å². The van der Waals surface area contributed by atoms with Crippen LogP contribution in [-0.4, -0.2) is 57.0 Å². The summed E-state index contributed by atoms with van der Waals surface area (Å²) >= 11 is 6.47. The van der Waals surface area contributed by atoms with Crippen LogP contribution >= 0.6 is 11.6 Å². The van der Waals surface area contributed by atoms with Gasteiger partial charge in [-0.1, -0.05) is 30.5 Å². The maximum absolute atomic E-state index is 13.6. The van der Waals surface area contributed by atoms with Crippen molar-refractivity contribution in [3.8, 4) is 40.0 Å². The monoisotopic (exact) mass is 573 g/mol. The van der Waals surface area contributed by atoms with Gasteiger partial charge in [0.15, 0.2) is 23.1 Å². The Hall–Kier alpha value is -4.11. The van der Waals surface area contributed by atoms with E-state index in [1.165, 1.54) is 0 Å². The highest BCUT2D eigenvalue weighted by Gasteiger charge is 2.27. The summed E-state index contributed by atoms with van der Waals surface area (Å²) < 4.78 is 18.1. The fourth-order valence-electron chi connectivity index (χ4n) is 5.56. The van der Waals surface area contributed by atoms with E-state index in [1.807, 2.05) is 53.2 Å². The third-order valence-electron chi connectivity index (χ3n) is 7.72. The van der Waals surface area contributed by atoms with Gasteiger partial charge in [-0.15, -0.1) is 0 Å². The van der Waals surface area contributed by atoms with E-state index in [0.29, 0.717) is 48.4 Å². The Kier molecular flexibility index (Phi) is 8.04. The van der Waals surface area contributed by atoms with Gasteiger partial charge in [0.25, 0.3) is 0 Å². The largest absolute Gasteiger partial charge is 0.495 e. The molecule has 0 unspecified atom stereocenters. The molecule has 4 aromatic rings. The molecule has 1 aliphatic carbocycles. The Morgan fingerprint density at radius 3 is 2.63 bits per heavy atom. The number of benzene rings is 2. The molecule has 2 aromatic heterocycles. The molecule has 0 radical (unpaired) electrons.